The van der Waals surface area contributed by atoms with Crippen molar-refractivity contribution >= 4 is 22.9 Å². The lowest BCUT2D eigenvalue weighted by Gasteiger charge is -2.05. The van der Waals surface area contributed by atoms with E-state index < -0.39 is 0 Å². The van der Waals surface area contributed by atoms with Crippen LogP contribution in [0.1, 0.15) is 18.1 Å². The van der Waals surface area contributed by atoms with Crippen LogP contribution in [0.25, 0.3) is 17.0 Å². The zero-order chi connectivity index (χ0) is 19.2. The Hall–Kier alpha value is -3.52. The minimum atomic E-state index is -0.387. The standard InChI is InChI=1S/C22H21N3O2/c1-3-25-15-18(20-6-4-5-7-21(20)25)12-17(13-23)22(26)24-14-16-8-10-19(27-2)11-9-16/h4-12,15H,3,14H2,1-2H3,(H,24,26)/b17-12-. The largest absolute Gasteiger partial charge is 0.497 e. The van der Waals surface area contributed by atoms with E-state index in [1.807, 2.05) is 60.8 Å². The van der Waals surface area contributed by atoms with Gasteiger partial charge in [0.1, 0.15) is 17.4 Å². The molecule has 3 rings (SSSR count). The van der Waals surface area contributed by atoms with Gasteiger partial charge in [0.25, 0.3) is 5.91 Å². The van der Waals surface area contributed by atoms with E-state index in [2.05, 4.69) is 16.8 Å². The number of carbonyl (C=O) groups excluding carboxylic acids is 1. The van der Waals surface area contributed by atoms with Crippen LogP contribution >= 0.6 is 0 Å². The third-order valence-electron chi connectivity index (χ3n) is 4.44. The van der Waals surface area contributed by atoms with Gasteiger partial charge in [-0.1, -0.05) is 30.3 Å². The number of benzene rings is 2. The van der Waals surface area contributed by atoms with Gasteiger partial charge in [0, 0.05) is 35.8 Å². The molecule has 3 aromatic rings. The molecule has 0 atom stereocenters. The monoisotopic (exact) mass is 359 g/mol. The topological polar surface area (TPSA) is 67.0 Å². The van der Waals surface area contributed by atoms with Crippen LogP contribution in [0, 0.1) is 11.3 Å². The number of hydrogen-bond donors (Lipinski definition) is 1. The Morgan fingerprint density at radius 1 is 1.22 bits per heavy atom. The zero-order valence-electron chi connectivity index (χ0n) is 15.4. The number of methoxy groups -OCH3 is 1. The molecule has 5 nitrogen and oxygen atoms in total. The highest BCUT2D eigenvalue weighted by Crippen LogP contribution is 2.23. The zero-order valence-corrected chi connectivity index (χ0v) is 15.4. The molecular weight excluding hydrogens is 338 g/mol. The van der Waals surface area contributed by atoms with Crippen molar-refractivity contribution in [2.24, 2.45) is 0 Å². The summed E-state index contributed by atoms with van der Waals surface area (Å²) in [6.07, 6.45) is 3.62. The molecule has 1 amide bonds. The summed E-state index contributed by atoms with van der Waals surface area (Å²) in [6, 6.07) is 17.4. The normalized spacial score (nSPS) is 11.2. The molecule has 0 saturated carbocycles. The number of nitrogens with one attached hydrogen (secondary N) is 1. The second-order valence-corrected chi connectivity index (χ2v) is 6.09. The first-order valence-corrected chi connectivity index (χ1v) is 8.77. The first-order chi connectivity index (χ1) is 13.2. The quantitative estimate of drug-likeness (QED) is 0.536. The van der Waals surface area contributed by atoms with Gasteiger partial charge in [-0.2, -0.15) is 5.26 Å². The minimum absolute atomic E-state index is 0.0857. The summed E-state index contributed by atoms with van der Waals surface area (Å²) in [5.41, 5.74) is 2.97. The van der Waals surface area contributed by atoms with Crippen LogP contribution in [0.5, 0.6) is 5.75 Å². The van der Waals surface area contributed by atoms with Crippen LogP contribution in [-0.2, 0) is 17.9 Å². The molecule has 5 heteroatoms. The van der Waals surface area contributed by atoms with Crippen molar-refractivity contribution in [2.45, 2.75) is 20.0 Å². The fraction of sp³-hybridized carbons (Fsp3) is 0.182. The van der Waals surface area contributed by atoms with Crippen molar-refractivity contribution in [3.63, 3.8) is 0 Å². The van der Waals surface area contributed by atoms with Crippen LogP contribution < -0.4 is 10.1 Å². The van der Waals surface area contributed by atoms with E-state index in [1.165, 1.54) is 0 Å². The molecule has 1 N–H and O–H groups in total. The number of para-hydroxylation sites is 1. The summed E-state index contributed by atoms with van der Waals surface area (Å²) in [5, 5.41) is 13.3. The Kier molecular flexibility index (Phi) is 5.58. The molecular formula is C22H21N3O2. The molecule has 1 heterocycles. The summed E-state index contributed by atoms with van der Waals surface area (Å²) in [6.45, 7) is 3.23. The molecule has 0 saturated heterocycles. The molecule has 27 heavy (non-hydrogen) atoms. The fourth-order valence-electron chi connectivity index (χ4n) is 2.98. The number of carbonyl (C=O) groups is 1. The summed E-state index contributed by atoms with van der Waals surface area (Å²) in [5.74, 6) is 0.372. The smallest absolute Gasteiger partial charge is 0.262 e. The van der Waals surface area contributed by atoms with E-state index in [0.717, 1.165) is 34.3 Å². The molecule has 2 aromatic carbocycles. The van der Waals surface area contributed by atoms with Gasteiger partial charge in [0.05, 0.1) is 7.11 Å². The van der Waals surface area contributed by atoms with Gasteiger partial charge in [-0.15, -0.1) is 0 Å². The number of rotatable bonds is 6. The van der Waals surface area contributed by atoms with Gasteiger partial charge < -0.3 is 14.6 Å². The van der Waals surface area contributed by atoms with Crippen molar-refractivity contribution in [3.8, 4) is 11.8 Å². The molecule has 0 fully saturated rings. The number of ether oxygens (including phenoxy) is 1. The Bertz CT molecular complexity index is 1020. The van der Waals surface area contributed by atoms with Gasteiger partial charge in [-0.3, -0.25) is 4.79 Å². The van der Waals surface area contributed by atoms with Crippen molar-refractivity contribution < 1.29 is 9.53 Å². The van der Waals surface area contributed by atoms with E-state index in [-0.39, 0.29) is 11.5 Å². The molecule has 0 aliphatic carbocycles. The first-order valence-electron chi connectivity index (χ1n) is 8.77. The number of aromatic nitrogens is 1. The second-order valence-electron chi connectivity index (χ2n) is 6.09. The van der Waals surface area contributed by atoms with Crippen molar-refractivity contribution in [1.29, 1.82) is 5.26 Å². The highest BCUT2D eigenvalue weighted by Gasteiger charge is 2.12. The Morgan fingerprint density at radius 3 is 2.63 bits per heavy atom. The van der Waals surface area contributed by atoms with Crippen LogP contribution in [0.15, 0.2) is 60.3 Å². The van der Waals surface area contributed by atoms with Gasteiger partial charge in [0.2, 0.25) is 0 Å². The molecule has 136 valence electrons. The van der Waals surface area contributed by atoms with Crippen molar-refractivity contribution in [2.75, 3.05) is 7.11 Å². The molecule has 0 bridgehead atoms. The predicted octanol–water partition coefficient (Wildman–Crippen LogP) is 3.89. The fourth-order valence-corrected chi connectivity index (χ4v) is 2.98. The van der Waals surface area contributed by atoms with E-state index in [1.54, 1.807) is 13.2 Å². The first kappa shape index (κ1) is 18.3. The lowest BCUT2D eigenvalue weighted by atomic mass is 10.1. The third kappa shape index (κ3) is 4.01. The Labute approximate surface area is 158 Å². The van der Waals surface area contributed by atoms with Gasteiger partial charge in [0.15, 0.2) is 0 Å². The molecule has 0 radical (unpaired) electrons. The maximum atomic E-state index is 12.5. The van der Waals surface area contributed by atoms with Gasteiger partial charge in [-0.25, -0.2) is 0 Å². The maximum absolute atomic E-state index is 12.5. The highest BCUT2D eigenvalue weighted by molar-refractivity contribution is 6.04. The van der Waals surface area contributed by atoms with Crippen LogP contribution in [0.3, 0.4) is 0 Å². The second kappa shape index (κ2) is 8.24. The average Bonchev–Trinajstić information content (AvgIpc) is 3.08. The number of fused-ring (bicyclic) bond motifs is 1. The molecule has 0 aliphatic rings. The van der Waals surface area contributed by atoms with Crippen molar-refractivity contribution in [1.82, 2.24) is 9.88 Å². The third-order valence-corrected chi connectivity index (χ3v) is 4.44. The predicted molar refractivity (Wildman–Crippen MR) is 106 cm³/mol. The SMILES string of the molecule is CCn1cc(/C=C(/C#N)C(=O)NCc2ccc(OC)cc2)c2ccccc21. The van der Waals surface area contributed by atoms with Gasteiger partial charge in [-0.05, 0) is 36.8 Å². The Morgan fingerprint density at radius 2 is 1.96 bits per heavy atom. The Balaban J connectivity index is 1.79. The average molecular weight is 359 g/mol. The summed E-state index contributed by atoms with van der Waals surface area (Å²) in [4.78, 5) is 12.5. The molecule has 1 aromatic heterocycles. The van der Waals surface area contributed by atoms with E-state index >= 15 is 0 Å². The maximum Gasteiger partial charge on any atom is 0.262 e. The van der Waals surface area contributed by atoms with Crippen LogP contribution in [0.4, 0.5) is 0 Å². The summed E-state index contributed by atoms with van der Waals surface area (Å²) < 4.78 is 7.22. The van der Waals surface area contributed by atoms with E-state index in [4.69, 9.17) is 4.74 Å². The number of nitrogens with zero attached hydrogens (tertiary/aromatic N) is 2. The highest BCUT2D eigenvalue weighted by atomic mass is 16.5. The van der Waals surface area contributed by atoms with Gasteiger partial charge >= 0.3 is 0 Å². The summed E-state index contributed by atoms with van der Waals surface area (Å²) in [7, 11) is 1.61. The van der Waals surface area contributed by atoms with Crippen molar-refractivity contribution in [3.05, 3.63) is 71.4 Å². The minimum Gasteiger partial charge on any atom is -0.497 e. The molecule has 0 unspecified atom stereocenters. The lowest BCUT2D eigenvalue weighted by Crippen LogP contribution is -2.23. The molecule has 0 spiro atoms. The number of amides is 1. The lowest BCUT2D eigenvalue weighted by molar-refractivity contribution is -0.117. The number of aryl methyl sites for hydroxylation is 1. The number of hydrogen-bond acceptors (Lipinski definition) is 3. The van der Waals surface area contributed by atoms with E-state index in [0.29, 0.717) is 6.54 Å². The van der Waals surface area contributed by atoms with Crippen LogP contribution in [0.2, 0.25) is 0 Å². The van der Waals surface area contributed by atoms with E-state index in [9.17, 15) is 10.1 Å². The summed E-state index contributed by atoms with van der Waals surface area (Å²) >= 11 is 0. The van der Waals surface area contributed by atoms with Crippen LogP contribution in [-0.4, -0.2) is 17.6 Å². The number of nitriles is 1. The molecule has 0 aliphatic heterocycles.